The second-order valence-corrected chi connectivity index (χ2v) is 3.96. The van der Waals surface area contributed by atoms with Crippen molar-refractivity contribution in [1.29, 1.82) is 0 Å². The molecule has 1 rings (SSSR count). The zero-order valence-electron chi connectivity index (χ0n) is 11.6. The van der Waals surface area contributed by atoms with Crippen LogP contribution in [0.4, 0.5) is 11.4 Å². The van der Waals surface area contributed by atoms with Crippen molar-refractivity contribution in [2.45, 2.75) is 0 Å². The molecule has 4 N–H and O–H groups in total. The summed E-state index contributed by atoms with van der Waals surface area (Å²) in [6.45, 7) is 1.49. The number of ether oxygens (including phenoxy) is 2. The van der Waals surface area contributed by atoms with E-state index in [0.717, 1.165) is 0 Å². The van der Waals surface area contributed by atoms with Gasteiger partial charge in [-0.1, -0.05) is 6.07 Å². The highest BCUT2D eigenvalue weighted by atomic mass is 16.6. The first-order chi connectivity index (χ1) is 10.1. The fourth-order valence-electron chi connectivity index (χ4n) is 1.61. The van der Waals surface area contributed by atoms with Crippen LogP contribution in [0.2, 0.25) is 0 Å². The lowest BCUT2D eigenvalue weighted by Gasteiger charge is -2.10. The molecule has 9 nitrogen and oxygen atoms in total. The van der Waals surface area contributed by atoms with Gasteiger partial charge in [0.1, 0.15) is 5.69 Å². The Labute approximate surface area is 121 Å². The zero-order valence-corrected chi connectivity index (χ0v) is 11.6. The van der Waals surface area contributed by atoms with E-state index in [9.17, 15) is 14.9 Å². The minimum absolute atomic E-state index is 0.0275. The lowest BCUT2D eigenvalue weighted by molar-refractivity contribution is -0.384. The maximum atomic E-state index is 12.0. The summed E-state index contributed by atoms with van der Waals surface area (Å²) in [4.78, 5) is 22.2. The summed E-state index contributed by atoms with van der Waals surface area (Å²) < 4.78 is 10.00. The van der Waals surface area contributed by atoms with Gasteiger partial charge in [-0.15, -0.1) is 0 Å². The topological polar surface area (TPSA) is 129 Å². The van der Waals surface area contributed by atoms with E-state index < -0.39 is 10.8 Å². The number of carbonyl (C=O) groups is 1. The van der Waals surface area contributed by atoms with E-state index in [1.807, 2.05) is 0 Å². The van der Waals surface area contributed by atoms with Crippen LogP contribution in [0.25, 0.3) is 0 Å². The monoisotopic (exact) mass is 298 g/mol. The molecule has 0 aliphatic carbocycles. The first-order valence-electron chi connectivity index (χ1n) is 6.20. The normalized spacial score (nSPS) is 10.2. The Balaban J connectivity index is 2.62. The Bertz CT molecular complexity index is 495. The quantitative estimate of drug-likeness (QED) is 0.258. The highest BCUT2D eigenvalue weighted by Gasteiger charge is 2.20. The number of methoxy groups -OCH3 is 1. The number of nitro groups is 1. The molecular weight excluding hydrogens is 280 g/mol. The predicted molar refractivity (Wildman–Crippen MR) is 75.9 cm³/mol. The number of nitro benzene ring substituents is 1. The zero-order chi connectivity index (χ0) is 15.7. The van der Waals surface area contributed by atoms with Crippen molar-refractivity contribution in [2.24, 2.45) is 5.84 Å². The van der Waals surface area contributed by atoms with Gasteiger partial charge in [0.25, 0.3) is 11.6 Å². The molecule has 0 atom stereocenters. The van der Waals surface area contributed by atoms with Crippen molar-refractivity contribution in [2.75, 3.05) is 38.9 Å². The molecular formula is C12H18N4O5. The molecule has 0 bridgehead atoms. The predicted octanol–water partition coefficient (Wildman–Crippen LogP) is 0.273. The molecule has 116 valence electrons. The van der Waals surface area contributed by atoms with Gasteiger partial charge in [0.15, 0.2) is 0 Å². The minimum Gasteiger partial charge on any atom is -0.382 e. The number of hydrogen-bond acceptors (Lipinski definition) is 7. The highest BCUT2D eigenvalue weighted by Crippen LogP contribution is 2.27. The lowest BCUT2D eigenvalue weighted by Crippen LogP contribution is -2.29. The molecule has 0 heterocycles. The summed E-state index contributed by atoms with van der Waals surface area (Å²) >= 11 is 0. The summed E-state index contributed by atoms with van der Waals surface area (Å²) in [5.41, 5.74) is 2.01. The number of nitrogens with two attached hydrogens (primary N) is 1. The standard InChI is InChI=1S/C12H18N4O5/c1-20-7-8-21-6-5-14-12(17)9-3-2-4-10(16(18)19)11(9)15-13/h2-4,15H,5-8,13H2,1H3,(H,14,17). The number of hydrazine groups is 1. The fraction of sp³-hybridized carbons (Fsp3) is 0.417. The van der Waals surface area contributed by atoms with Crippen LogP contribution in [0.1, 0.15) is 10.4 Å². The smallest absolute Gasteiger partial charge is 0.294 e. The third-order valence-corrected chi connectivity index (χ3v) is 2.59. The number of nitrogens with zero attached hydrogens (tertiary/aromatic N) is 1. The molecule has 0 radical (unpaired) electrons. The molecule has 0 aliphatic heterocycles. The molecule has 1 amide bonds. The number of carbonyl (C=O) groups excluding carboxylic acids is 1. The maximum absolute atomic E-state index is 12.0. The molecule has 0 spiro atoms. The van der Waals surface area contributed by atoms with Crippen LogP contribution in [0, 0.1) is 10.1 Å². The van der Waals surface area contributed by atoms with Gasteiger partial charge >= 0.3 is 0 Å². The molecule has 0 aromatic heterocycles. The second kappa shape index (κ2) is 8.84. The number of anilines is 1. The van der Waals surface area contributed by atoms with Crippen molar-refractivity contribution in [3.63, 3.8) is 0 Å². The second-order valence-electron chi connectivity index (χ2n) is 3.96. The van der Waals surface area contributed by atoms with Crippen molar-refractivity contribution in [3.05, 3.63) is 33.9 Å². The maximum Gasteiger partial charge on any atom is 0.294 e. The Kier molecular flexibility index (Phi) is 7.09. The van der Waals surface area contributed by atoms with Crippen LogP contribution in [-0.4, -0.2) is 44.3 Å². The largest absolute Gasteiger partial charge is 0.382 e. The molecule has 9 heteroatoms. The summed E-state index contributed by atoms with van der Waals surface area (Å²) in [6, 6.07) is 4.13. The van der Waals surface area contributed by atoms with Crippen LogP contribution >= 0.6 is 0 Å². The fourth-order valence-corrected chi connectivity index (χ4v) is 1.61. The van der Waals surface area contributed by atoms with Gasteiger partial charge in [0, 0.05) is 19.7 Å². The molecule has 1 aromatic carbocycles. The van der Waals surface area contributed by atoms with Gasteiger partial charge in [-0.2, -0.15) is 0 Å². The Morgan fingerprint density at radius 3 is 2.76 bits per heavy atom. The summed E-state index contributed by atoms with van der Waals surface area (Å²) in [6.07, 6.45) is 0. The van der Waals surface area contributed by atoms with Gasteiger partial charge < -0.3 is 20.2 Å². The van der Waals surface area contributed by atoms with E-state index in [2.05, 4.69) is 10.7 Å². The molecule has 1 aromatic rings. The van der Waals surface area contributed by atoms with Gasteiger partial charge in [-0.3, -0.25) is 20.8 Å². The van der Waals surface area contributed by atoms with Crippen molar-refractivity contribution >= 4 is 17.3 Å². The number of hydrogen-bond donors (Lipinski definition) is 3. The van der Waals surface area contributed by atoms with Crippen LogP contribution in [-0.2, 0) is 9.47 Å². The van der Waals surface area contributed by atoms with E-state index in [1.165, 1.54) is 18.2 Å². The number of rotatable bonds is 9. The third-order valence-electron chi connectivity index (χ3n) is 2.59. The van der Waals surface area contributed by atoms with Crippen molar-refractivity contribution in [3.8, 4) is 0 Å². The highest BCUT2D eigenvalue weighted by molar-refractivity contribution is 6.01. The van der Waals surface area contributed by atoms with E-state index >= 15 is 0 Å². The summed E-state index contributed by atoms with van der Waals surface area (Å²) in [7, 11) is 1.56. The molecule has 21 heavy (non-hydrogen) atoms. The van der Waals surface area contributed by atoms with Gasteiger partial charge in [-0.25, -0.2) is 0 Å². The van der Waals surface area contributed by atoms with Crippen molar-refractivity contribution in [1.82, 2.24) is 5.32 Å². The lowest BCUT2D eigenvalue weighted by atomic mass is 10.1. The number of nitrogens with one attached hydrogen (secondary N) is 2. The Hall–Kier alpha value is -2.23. The average Bonchev–Trinajstić information content (AvgIpc) is 2.49. The first kappa shape index (κ1) is 16.8. The van der Waals surface area contributed by atoms with E-state index in [-0.39, 0.29) is 23.5 Å². The number of benzene rings is 1. The Morgan fingerprint density at radius 1 is 1.38 bits per heavy atom. The van der Waals surface area contributed by atoms with E-state index in [4.69, 9.17) is 15.3 Å². The van der Waals surface area contributed by atoms with Crippen molar-refractivity contribution < 1.29 is 19.2 Å². The third kappa shape index (κ3) is 4.99. The molecule has 0 saturated carbocycles. The molecule has 0 unspecified atom stereocenters. The van der Waals surface area contributed by atoms with Crippen LogP contribution < -0.4 is 16.6 Å². The van der Waals surface area contributed by atoms with Gasteiger partial charge in [0.05, 0.1) is 30.3 Å². The van der Waals surface area contributed by atoms with Crippen LogP contribution in [0.15, 0.2) is 18.2 Å². The first-order valence-corrected chi connectivity index (χ1v) is 6.20. The minimum atomic E-state index is -0.611. The van der Waals surface area contributed by atoms with Crippen LogP contribution in [0.3, 0.4) is 0 Å². The van der Waals surface area contributed by atoms with Gasteiger partial charge in [0.2, 0.25) is 0 Å². The average molecular weight is 298 g/mol. The van der Waals surface area contributed by atoms with Crippen LogP contribution in [0.5, 0.6) is 0 Å². The number of para-hydroxylation sites is 1. The number of amides is 1. The molecule has 0 fully saturated rings. The number of nitrogen functional groups attached to an aromatic ring is 1. The Morgan fingerprint density at radius 2 is 2.14 bits per heavy atom. The van der Waals surface area contributed by atoms with Gasteiger partial charge in [-0.05, 0) is 6.07 Å². The SMILES string of the molecule is COCCOCCNC(=O)c1cccc([N+](=O)[O-])c1NN. The van der Waals surface area contributed by atoms with E-state index in [0.29, 0.717) is 19.8 Å². The summed E-state index contributed by atoms with van der Waals surface area (Å²) in [5, 5.41) is 13.5. The van der Waals surface area contributed by atoms with E-state index in [1.54, 1.807) is 7.11 Å². The summed E-state index contributed by atoms with van der Waals surface area (Å²) in [5.74, 6) is 4.79. The molecule has 0 saturated heterocycles. The molecule has 0 aliphatic rings.